The van der Waals surface area contributed by atoms with E-state index in [4.69, 9.17) is 0 Å². The van der Waals surface area contributed by atoms with Gasteiger partial charge < -0.3 is 5.32 Å². The summed E-state index contributed by atoms with van der Waals surface area (Å²) >= 11 is 2.24. The SMILES string of the molecule is O=C(NCCc1ccc(CN2CCCC2)cc1)c1ccc(I)cc1. The lowest BCUT2D eigenvalue weighted by atomic mass is 10.1. The summed E-state index contributed by atoms with van der Waals surface area (Å²) in [5.41, 5.74) is 3.36. The molecule has 3 rings (SSSR count). The molecule has 0 saturated carbocycles. The van der Waals surface area contributed by atoms with Crippen molar-refractivity contribution in [1.82, 2.24) is 10.2 Å². The number of hydrogen-bond donors (Lipinski definition) is 1. The van der Waals surface area contributed by atoms with Crippen molar-refractivity contribution < 1.29 is 4.79 Å². The fourth-order valence-electron chi connectivity index (χ4n) is 3.03. The number of amides is 1. The number of carbonyl (C=O) groups is 1. The highest BCUT2D eigenvalue weighted by atomic mass is 127. The van der Waals surface area contributed by atoms with Gasteiger partial charge in [0.1, 0.15) is 0 Å². The van der Waals surface area contributed by atoms with Crippen molar-refractivity contribution >= 4 is 28.5 Å². The van der Waals surface area contributed by atoms with Crippen LogP contribution in [0.5, 0.6) is 0 Å². The average Bonchev–Trinajstić information content (AvgIpc) is 3.10. The number of nitrogens with zero attached hydrogens (tertiary/aromatic N) is 1. The lowest BCUT2D eigenvalue weighted by Gasteiger charge is -2.14. The molecule has 0 bridgehead atoms. The fourth-order valence-corrected chi connectivity index (χ4v) is 3.39. The molecule has 2 aromatic carbocycles. The summed E-state index contributed by atoms with van der Waals surface area (Å²) < 4.78 is 1.14. The Labute approximate surface area is 157 Å². The Hall–Kier alpha value is -1.40. The monoisotopic (exact) mass is 434 g/mol. The molecule has 126 valence electrons. The van der Waals surface area contributed by atoms with Crippen LogP contribution in [0.2, 0.25) is 0 Å². The maximum atomic E-state index is 12.1. The highest BCUT2D eigenvalue weighted by Gasteiger charge is 2.11. The Bertz CT molecular complexity index is 661. The fraction of sp³-hybridized carbons (Fsp3) is 0.350. The first kappa shape index (κ1) is 17.4. The zero-order valence-corrected chi connectivity index (χ0v) is 16.0. The number of rotatable bonds is 6. The highest BCUT2D eigenvalue weighted by Crippen LogP contribution is 2.13. The summed E-state index contributed by atoms with van der Waals surface area (Å²) in [6.45, 7) is 4.18. The first-order chi connectivity index (χ1) is 11.7. The van der Waals surface area contributed by atoms with Crippen LogP contribution in [-0.4, -0.2) is 30.4 Å². The number of likely N-dealkylation sites (tertiary alicyclic amines) is 1. The summed E-state index contributed by atoms with van der Waals surface area (Å²) in [4.78, 5) is 14.6. The molecule has 0 aliphatic carbocycles. The van der Waals surface area contributed by atoms with Gasteiger partial charge in [0.05, 0.1) is 0 Å². The quantitative estimate of drug-likeness (QED) is 0.701. The lowest BCUT2D eigenvalue weighted by molar-refractivity contribution is 0.0954. The van der Waals surface area contributed by atoms with E-state index in [1.807, 2.05) is 24.3 Å². The van der Waals surface area contributed by atoms with Gasteiger partial charge in [-0.2, -0.15) is 0 Å². The van der Waals surface area contributed by atoms with Gasteiger partial charge in [-0.15, -0.1) is 0 Å². The molecule has 4 heteroatoms. The molecule has 1 N–H and O–H groups in total. The minimum atomic E-state index is -0.00273. The van der Waals surface area contributed by atoms with Crippen LogP contribution in [0.4, 0.5) is 0 Å². The van der Waals surface area contributed by atoms with E-state index >= 15 is 0 Å². The van der Waals surface area contributed by atoms with Crippen molar-refractivity contribution in [3.63, 3.8) is 0 Å². The predicted molar refractivity (Wildman–Crippen MR) is 106 cm³/mol. The standard InChI is InChI=1S/C20H23IN2O/c21-19-9-7-18(8-10-19)20(24)22-12-11-16-3-5-17(6-4-16)15-23-13-1-2-14-23/h3-10H,1-2,11-15H2,(H,22,24). The van der Waals surface area contributed by atoms with Gasteiger partial charge in [-0.3, -0.25) is 9.69 Å². The Morgan fingerprint density at radius 3 is 2.25 bits per heavy atom. The van der Waals surface area contributed by atoms with Crippen molar-refractivity contribution in [2.24, 2.45) is 0 Å². The molecule has 1 aliphatic heterocycles. The van der Waals surface area contributed by atoms with E-state index in [9.17, 15) is 4.79 Å². The zero-order valence-electron chi connectivity index (χ0n) is 13.8. The van der Waals surface area contributed by atoms with E-state index in [1.54, 1.807) is 0 Å². The molecule has 0 spiro atoms. The van der Waals surface area contributed by atoms with Gasteiger partial charge in [0.15, 0.2) is 0 Å². The van der Waals surface area contributed by atoms with Gasteiger partial charge in [-0.25, -0.2) is 0 Å². The topological polar surface area (TPSA) is 32.3 Å². The minimum absolute atomic E-state index is 0.00273. The number of halogens is 1. The molecule has 0 atom stereocenters. The van der Waals surface area contributed by atoms with E-state index < -0.39 is 0 Å². The molecule has 1 fully saturated rings. The smallest absolute Gasteiger partial charge is 0.251 e. The predicted octanol–water partition coefficient (Wildman–Crippen LogP) is 3.86. The van der Waals surface area contributed by atoms with Crippen LogP contribution in [0.3, 0.4) is 0 Å². The van der Waals surface area contributed by atoms with Crippen LogP contribution < -0.4 is 5.32 Å². The van der Waals surface area contributed by atoms with E-state index in [0.717, 1.165) is 22.1 Å². The molecule has 1 saturated heterocycles. The zero-order chi connectivity index (χ0) is 16.8. The van der Waals surface area contributed by atoms with E-state index in [1.165, 1.54) is 37.1 Å². The highest BCUT2D eigenvalue weighted by molar-refractivity contribution is 14.1. The van der Waals surface area contributed by atoms with Gasteiger partial charge in [-0.1, -0.05) is 24.3 Å². The van der Waals surface area contributed by atoms with Crippen molar-refractivity contribution in [2.45, 2.75) is 25.8 Å². The molecule has 3 nitrogen and oxygen atoms in total. The van der Waals surface area contributed by atoms with Crippen LogP contribution in [0.25, 0.3) is 0 Å². The summed E-state index contributed by atoms with van der Waals surface area (Å²) in [6, 6.07) is 16.4. The number of nitrogens with one attached hydrogen (secondary N) is 1. The molecule has 1 heterocycles. The Kier molecular flexibility index (Phi) is 6.26. The molecule has 0 radical (unpaired) electrons. The second-order valence-corrected chi connectivity index (χ2v) is 7.56. The molecule has 1 amide bonds. The second-order valence-electron chi connectivity index (χ2n) is 6.31. The molecule has 0 aromatic heterocycles. The van der Waals surface area contributed by atoms with Crippen LogP contribution in [0.15, 0.2) is 48.5 Å². The van der Waals surface area contributed by atoms with Gasteiger partial charge in [0.2, 0.25) is 0 Å². The first-order valence-corrected chi connectivity index (χ1v) is 9.62. The molecular formula is C20H23IN2O. The lowest BCUT2D eigenvalue weighted by Crippen LogP contribution is -2.25. The Balaban J connectivity index is 1.44. The Morgan fingerprint density at radius 2 is 1.58 bits per heavy atom. The van der Waals surface area contributed by atoms with Crippen LogP contribution >= 0.6 is 22.6 Å². The molecular weight excluding hydrogens is 411 g/mol. The largest absolute Gasteiger partial charge is 0.352 e. The van der Waals surface area contributed by atoms with Gasteiger partial charge in [0, 0.05) is 22.2 Å². The Morgan fingerprint density at radius 1 is 0.958 bits per heavy atom. The van der Waals surface area contributed by atoms with E-state index in [0.29, 0.717) is 6.54 Å². The minimum Gasteiger partial charge on any atom is -0.352 e. The van der Waals surface area contributed by atoms with Crippen molar-refractivity contribution in [2.75, 3.05) is 19.6 Å². The first-order valence-electron chi connectivity index (χ1n) is 8.55. The maximum Gasteiger partial charge on any atom is 0.251 e. The third-order valence-corrected chi connectivity index (χ3v) is 5.15. The van der Waals surface area contributed by atoms with Crippen LogP contribution in [0, 0.1) is 3.57 Å². The maximum absolute atomic E-state index is 12.1. The third-order valence-electron chi connectivity index (χ3n) is 4.43. The number of carbonyl (C=O) groups excluding carboxylic acids is 1. The van der Waals surface area contributed by atoms with Gasteiger partial charge in [0.25, 0.3) is 5.91 Å². The molecule has 24 heavy (non-hydrogen) atoms. The van der Waals surface area contributed by atoms with Crippen molar-refractivity contribution in [1.29, 1.82) is 0 Å². The molecule has 2 aromatic rings. The van der Waals surface area contributed by atoms with Gasteiger partial charge in [-0.05, 0) is 90.3 Å². The number of hydrogen-bond acceptors (Lipinski definition) is 2. The average molecular weight is 434 g/mol. The van der Waals surface area contributed by atoms with Crippen molar-refractivity contribution in [3.05, 3.63) is 68.8 Å². The normalized spacial score (nSPS) is 14.7. The van der Waals surface area contributed by atoms with E-state index in [2.05, 4.69) is 57.1 Å². The molecule has 1 aliphatic rings. The third kappa shape index (κ3) is 5.05. The van der Waals surface area contributed by atoms with Crippen LogP contribution in [0.1, 0.15) is 34.3 Å². The van der Waals surface area contributed by atoms with E-state index in [-0.39, 0.29) is 5.91 Å². The summed E-state index contributed by atoms with van der Waals surface area (Å²) in [5, 5.41) is 2.99. The van der Waals surface area contributed by atoms with Crippen molar-refractivity contribution in [3.8, 4) is 0 Å². The van der Waals surface area contributed by atoms with Gasteiger partial charge >= 0.3 is 0 Å². The second kappa shape index (κ2) is 8.62. The number of benzene rings is 2. The summed E-state index contributed by atoms with van der Waals surface area (Å²) in [5.74, 6) is -0.00273. The summed E-state index contributed by atoms with van der Waals surface area (Å²) in [6.07, 6.45) is 3.52. The molecule has 0 unspecified atom stereocenters. The summed E-state index contributed by atoms with van der Waals surface area (Å²) in [7, 11) is 0. The van der Waals surface area contributed by atoms with Crippen LogP contribution in [-0.2, 0) is 13.0 Å².